The minimum absolute atomic E-state index is 0.115. The van der Waals surface area contributed by atoms with Crippen LogP contribution in [0, 0.1) is 0 Å². The van der Waals surface area contributed by atoms with Gasteiger partial charge in [0.2, 0.25) is 0 Å². The van der Waals surface area contributed by atoms with Crippen molar-refractivity contribution in [1.29, 1.82) is 0 Å². The van der Waals surface area contributed by atoms with E-state index in [4.69, 9.17) is 4.74 Å². The second-order valence-electron chi connectivity index (χ2n) is 4.87. The maximum atomic E-state index is 11.7. The number of fused-ring (bicyclic) bond motifs is 1. The summed E-state index contributed by atoms with van der Waals surface area (Å²) < 4.78 is 5.34. The number of rotatable bonds is 2. The Balaban J connectivity index is 2.10. The zero-order valence-corrected chi connectivity index (χ0v) is 10.9. The molecule has 0 amide bonds. The third kappa shape index (κ3) is 2.26. The van der Waals surface area contributed by atoms with Gasteiger partial charge in [-0.2, -0.15) is 0 Å². The van der Waals surface area contributed by atoms with E-state index in [-0.39, 0.29) is 11.9 Å². The fourth-order valence-corrected chi connectivity index (χ4v) is 2.61. The highest BCUT2D eigenvalue weighted by Gasteiger charge is 2.28. The van der Waals surface area contributed by atoms with E-state index in [0.29, 0.717) is 12.2 Å². The summed E-state index contributed by atoms with van der Waals surface area (Å²) in [5.41, 5.74) is 3.58. The number of esters is 1. The molecule has 2 aromatic rings. The largest absolute Gasteiger partial charge is 0.426 e. The van der Waals surface area contributed by atoms with Gasteiger partial charge in [-0.15, -0.1) is 0 Å². The Labute approximate surface area is 113 Å². The quantitative estimate of drug-likeness (QED) is 0.602. The van der Waals surface area contributed by atoms with Crippen molar-refractivity contribution in [3.63, 3.8) is 0 Å². The summed E-state index contributed by atoms with van der Waals surface area (Å²) in [6.45, 7) is 2.13. The van der Waals surface area contributed by atoms with Gasteiger partial charge in [-0.1, -0.05) is 49.4 Å². The van der Waals surface area contributed by atoms with E-state index < -0.39 is 0 Å². The summed E-state index contributed by atoms with van der Waals surface area (Å²) in [6, 6.07) is 16.3. The highest BCUT2D eigenvalue weighted by atomic mass is 16.5. The SMILES string of the molecule is CCc1ccc2c(c1)[C@H](c1ccccc1)CC(=O)O2. The standard InChI is InChI=1S/C17H16O2/c1-2-12-8-9-16-15(10-12)14(11-17(18)19-16)13-6-4-3-5-7-13/h3-10,14H,2,11H2,1H3/t14-/m0/s1. The lowest BCUT2D eigenvalue weighted by Gasteiger charge is -2.25. The first-order valence-corrected chi connectivity index (χ1v) is 6.66. The van der Waals surface area contributed by atoms with Gasteiger partial charge in [0, 0.05) is 11.5 Å². The fraction of sp³-hybridized carbons (Fsp3) is 0.235. The molecule has 0 N–H and O–H groups in total. The fourth-order valence-electron chi connectivity index (χ4n) is 2.61. The van der Waals surface area contributed by atoms with Crippen molar-refractivity contribution in [3.05, 3.63) is 65.2 Å². The highest BCUT2D eigenvalue weighted by Crippen LogP contribution is 2.39. The van der Waals surface area contributed by atoms with Crippen LogP contribution in [0.4, 0.5) is 0 Å². The lowest BCUT2D eigenvalue weighted by molar-refractivity contribution is -0.135. The topological polar surface area (TPSA) is 26.3 Å². The molecule has 0 saturated carbocycles. The average molecular weight is 252 g/mol. The molecule has 1 heterocycles. The smallest absolute Gasteiger partial charge is 0.312 e. The van der Waals surface area contributed by atoms with Crippen molar-refractivity contribution in [3.8, 4) is 5.75 Å². The molecule has 2 heteroatoms. The zero-order valence-electron chi connectivity index (χ0n) is 10.9. The molecule has 1 aliphatic heterocycles. The molecule has 0 spiro atoms. The Hall–Kier alpha value is -2.09. The molecule has 0 fully saturated rings. The molecule has 0 aliphatic carbocycles. The van der Waals surface area contributed by atoms with Crippen LogP contribution < -0.4 is 4.74 Å². The first-order valence-electron chi connectivity index (χ1n) is 6.66. The third-order valence-corrected chi connectivity index (χ3v) is 3.65. The Bertz CT molecular complexity index is 602. The van der Waals surface area contributed by atoms with Gasteiger partial charge < -0.3 is 4.74 Å². The van der Waals surface area contributed by atoms with Gasteiger partial charge in [-0.3, -0.25) is 4.79 Å². The number of ether oxygens (including phenoxy) is 1. The Kier molecular flexibility index (Phi) is 3.08. The zero-order chi connectivity index (χ0) is 13.2. The summed E-state index contributed by atoms with van der Waals surface area (Å²) in [7, 11) is 0. The molecule has 2 aromatic carbocycles. The molecule has 96 valence electrons. The van der Waals surface area contributed by atoms with E-state index in [0.717, 1.165) is 12.0 Å². The summed E-state index contributed by atoms with van der Waals surface area (Å²) in [5.74, 6) is 0.678. The van der Waals surface area contributed by atoms with Crippen LogP contribution in [-0.2, 0) is 11.2 Å². The molecule has 3 rings (SSSR count). The van der Waals surface area contributed by atoms with Gasteiger partial charge in [0.1, 0.15) is 5.75 Å². The van der Waals surface area contributed by atoms with Crippen molar-refractivity contribution in [1.82, 2.24) is 0 Å². The maximum absolute atomic E-state index is 11.7. The normalized spacial score (nSPS) is 17.7. The monoisotopic (exact) mass is 252 g/mol. The number of hydrogen-bond acceptors (Lipinski definition) is 2. The van der Waals surface area contributed by atoms with Crippen LogP contribution in [0.3, 0.4) is 0 Å². The molecule has 0 unspecified atom stereocenters. The Morgan fingerprint density at radius 3 is 2.68 bits per heavy atom. The predicted molar refractivity (Wildman–Crippen MR) is 74.4 cm³/mol. The van der Waals surface area contributed by atoms with E-state index in [1.165, 1.54) is 11.1 Å². The predicted octanol–water partition coefficient (Wildman–Crippen LogP) is 3.69. The van der Waals surface area contributed by atoms with E-state index in [2.05, 4.69) is 25.1 Å². The molecule has 19 heavy (non-hydrogen) atoms. The summed E-state index contributed by atoms with van der Waals surface area (Å²) >= 11 is 0. The molecule has 2 nitrogen and oxygen atoms in total. The van der Waals surface area contributed by atoms with E-state index in [1.54, 1.807) is 0 Å². The molecule has 0 bridgehead atoms. The minimum atomic E-state index is -0.148. The molecule has 1 aliphatic rings. The Morgan fingerprint density at radius 1 is 1.16 bits per heavy atom. The van der Waals surface area contributed by atoms with Gasteiger partial charge >= 0.3 is 5.97 Å². The van der Waals surface area contributed by atoms with Gasteiger partial charge in [0.25, 0.3) is 0 Å². The molecular weight excluding hydrogens is 236 g/mol. The van der Waals surface area contributed by atoms with Crippen LogP contribution in [0.5, 0.6) is 5.75 Å². The number of carbonyl (C=O) groups excluding carboxylic acids is 1. The second kappa shape index (κ2) is 4.88. The van der Waals surface area contributed by atoms with Gasteiger partial charge in [0.15, 0.2) is 0 Å². The van der Waals surface area contributed by atoms with Crippen molar-refractivity contribution >= 4 is 5.97 Å². The van der Waals surface area contributed by atoms with Crippen molar-refractivity contribution < 1.29 is 9.53 Å². The van der Waals surface area contributed by atoms with Crippen LogP contribution in [-0.4, -0.2) is 5.97 Å². The van der Waals surface area contributed by atoms with Crippen molar-refractivity contribution in [2.24, 2.45) is 0 Å². The van der Waals surface area contributed by atoms with Gasteiger partial charge in [-0.05, 0) is 23.6 Å². The van der Waals surface area contributed by atoms with Gasteiger partial charge in [0.05, 0.1) is 6.42 Å². The Morgan fingerprint density at radius 2 is 1.95 bits per heavy atom. The van der Waals surface area contributed by atoms with Crippen LogP contribution in [0.2, 0.25) is 0 Å². The van der Waals surface area contributed by atoms with E-state index in [1.807, 2.05) is 30.3 Å². The number of aryl methyl sites for hydroxylation is 1. The summed E-state index contributed by atoms with van der Waals surface area (Å²) in [6.07, 6.45) is 1.41. The number of carbonyl (C=O) groups is 1. The first-order chi connectivity index (χ1) is 9.28. The van der Waals surface area contributed by atoms with E-state index in [9.17, 15) is 4.79 Å². The lowest BCUT2D eigenvalue weighted by atomic mass is 9.85. The summed E-state index contributed by atoms with van der Waals surface area (Å²) in [5, 5.41) is 0. The second-order valence-corrected chi connectivity index (χ2v) is 4.87. The lowest BCUT2D eigenvalue weighted by Crippen LogP contribution is -2.21. The number of benzene rings is 2. The molecule has 0 saturated heterocycles. The molecular formula is C17H16O2. The minimum Gasteiger partial charge on any atom is -0.426 e. The van der Waals surface area contributed by atoms with Crippen LogP contribution in [0.15, 0.2) is 48.5 Å². The third-order valence-electron chi connectivity index (χ3n) is 3.65. The van der Waals surface area contributed by atoms with Crippen LogP contribution in [0.25, 0.3) is 0 Å². The van der Waals surface area contributed by atoms with E-state index >= 15 is 0 Å². The van der Waals surface area contributed by atoms with Crippen LogP contribution in [0.1, 0.15) is 36.0 Å². The maximum Gasteiger partial charge on any atom is 0.312 e. The number of hydrogen-bond donors (Lipinski definition) is 0. The first kappa shape index (κ1) is 12.0. The molecule has 0 aromatic heterocycles. The van der Waals surface area contributed by atoms with Crippen molar-refractivity contribution in [2.45, 2.75) is 25.7 Å². The summed E-state index contributed by atoms with van der Waals surface area (Å²) in [4.78, 5) is 11.7. The highest BCUT2D eigenvalue weighted by molar-refractivity contribution is 5.77. The van der Waals surface area contributed by atoms with Crippen LogP contribution >= 0.6 is 0 Å². The molecule has 1 atom stereocenters. The molecule has 0 radical (unpaired) electrons. The van der Waals surface area contributed by atoms with Crippen molar-refractivity contribution in [2.75, 3.05) is 0 Å². The van der Waals surface area contributed by atoms with Gasteiger partial charge in [-0.25, -0.2) is 0 Å². The average Bonchev–Trinajstić information content (AvgIpc) is 2.47.